The van der Waals surface area contributed by atoms with Crippen LogP contribution in [-0.4, -0.2) is 39.6 Å². The Morgan fingerprint density at radius 3 is 3.00 bits per heavy atom. The molecule has 2 amide bonds. The van der Waals surface area contributed by atoms with Gasteiger partial charge in [0.2, 0.25) is 0 Å². The van der Waals surface area contributed by atoms with E-state index in [-0.39, 0.29) is 6.03 Å². The summed E-state index contributed by atoms with van der Waals surface area (Å²) in [5.74, 6) is -0.944. The molecule has 2 N–H and O–H groups in total. The molecular formula is C12H15N3O3. The van der Waals surface area contributed by atoms with E-state index < -0.39 is 12.0 Å². The van der Waals surface area contributed by atoms with Crippen LogP contribution >= 0.6 is 0 Å². The maximum Gasteiger partial charge on any atom is 0.326 e. The van der Waals surface area contributed by atoms with Gasteiger partial charge in [0.25, 0.3) is 0 Å². The third-order valence-electron chi connectivity index (χ3n) is 2.95. The lowest BCUT2D eigenvalue weighted by molar-refractivity contribution is -0.141. The number of carbonyl (C=O) groups excluding carboxylic acids is 1. The van der Waals surface area contributed by atoms with Gasteiger partial charge in [0.05, 0.1) is 12.2 Å². The first-order chi connectivity index (χ1) is 8.68. The number of hydrogen-bond acceptors (Lipinski definition) is 3. The van der Waals surface area contributed by atoms with Crippen LogP contribution in [0.1, 0.15) is 18.5 Å². The number of urea groups is 1. The highest BCUT2D eigenvalue weighted by Gasteiger charge is 2.33. The van der Waals surface area contributed by atoms with E-state index in [1.165, 1.54) is 4.90 Å². The van der Waals surface area contributed by atoms with Gasteiger partial charge in [0.1, 0.15) is 6.04 Å². The largest absolute Gasteiger partial charge is 0.480 e. The van der Waals surface area contributed by atoms with Gasteiger partial charge in [-0.3, -0.25) is 4.98 Å². The second kappa shape index (κ2) is 5.48. The summed E-state index contributed by atoms with van der Waals surface area (Å²) in [7, 11) is 0. The first-order valence-corrected chi connectivity index (χ1v) is 5.85. The van der Waals surface area contributed by atoms with E-state index in [9.17, 15) is 9.59 Å². The van der Waals surface area contributed by atoms with Crippen LogP contribution in [0.4, 0.5) is 4.79 Å². The second-order valence-electron chi connectivity index (χ2n) is 4.17. The van der Waals surface area contributed by atoms with Gasteiger partial charge in [-0.05, 0) is 25.0 Å². The minimum atomic E-state index is -0.944. The average Bonchev–Trinajstić information content (AvgIpc) is 2.86. The third-order valence-corrected chi connectivity index (χ3v) is 2.95. The summed E-state index contributed by atoms with van der Waals surface area (Å²) in [6.07, 6.45) is 2.90. The fraction of sp³-hybridized carbons (Fsp3) is 0.417. The predicted octanol–water partition coefficient (Wildman–Crippen LogP) is 0.840. The molecule has 6 heteroatoms. The normalized spacial score (nSPS) is 18.7. The lowest BCUT2D eigenvalue weighted by atomic mass is 10.2. The van der Waals surface area contributed by atoms with Gasteiger partial charge >= 0.3 is 12.0 Å². The van der Waals surface area contributed by atoms with E-state index in [1.54, 1.807) is 18.3 Å². The Hall–Kier alpha value is -2.11. The smallest absolute Gasteiger partial charge is 0.326 e. The zero-order chi connectivity index (χ0) is 13.0. The van der Waals surface area contributed by atoms with Gasteiger partial charge in [0, 0.05) is 12.7 Å². The minimum absolute atomic E-state index is 0.308. The van der Waals surface area contributed by atoms with E-state index in [0.29, 0.717) is 19.5 Å². The Kier molecular flexibility index (Phi) is 3.76. The standard InChI is InChI=1S/C12H15N3O3/c16-11(17)10-5-3-7-15(10)12(18)14-8-9-4-1-2-6-13-9/h1-2,4,6,10H,3,5,7-8H2,(H,14,18)(H,16,17)/t10-/m0/s1. The molecule has 1 atom stereocenters. The highest BCUT2D eigenvalue weighted by molar-refractivity contribution is 5.83. The van der Waals surface area contributed by atoms with E-state index in [2.05, 4.69) is 10.3 Å². The van der Waals surface area contributed by atoms with Crippen molar-refractivity contribution in [2.24, 2.45) is 0 Å². The quantitative estimate of drug-likeness (QED) is 0.831. The average molecular weight is 249 g/mol. The Bertz CT molecular complexity index is 435. The van der Waals surface area contributed by atoms with Gasteiger partial charge < -0.3 is 15.3 Å². The number of carboxylic acids is 1. The summed E-state index contributed by atoms with van der Waals surface area (Å²) in [5.41, 5.74) is 0.747. The van der Waals surface area contributed by atoms with Gasteiger partial charge in [-0.15, -0.1) is 0 Å². The Morgan fingerprint density at radius 1 is 1.50 bits per heavy atom. The molecule has 1 aliphatic rings. The molecule has 0 unspecified atom stereocenters. The Balaban J connectivity index is 1.90. The number of carbonyl (C=O) groups is 2. The van der Waals surface area contributed by atoms with Crippen molar-refractivity contribution >= 4 is 12.0 Å². The van der Waals surface area contributed by atoms with Gasteiger partial charge in [-0.25, -0.2) is 9.59 Å². The maximum absolute atomic E-state index is 11.9. The second-order valence-corrected chi connectivity index (χ2v) is 4.17. The van der Waals surface area contributed by atoms with Crippen LogP contribution in [0.25, 0.3) is 0 Å². The first-order valence-electron chi connectivity index (χ1n) is 5.85. The van der Waals surface area contributed by atoms with Crippen LogP contribution in [0.15, 0.2) is 24.4 Å². The van der Waals surface area contributed by atoms with Crippen LogP contribution in [0.5, 0.6) is 0 Å². The number of hydrogen-bond donors (Lipinski definition) is 2. The van der Waals surface area contributed by atoms with Crippen molar-refractivity contribution in [3.05, 3.63) is 30.1 Å². The Labute approximate surface area is 105 Å². The van der Waals surface area contributed by atoms with Crippen LogP contribution in [0, 0.1) is 0 Å². The number of amides is 2. The summed E-state index contributed by atoms with van der Waals surface area (Å²) < 4.78 is 0. The molecule has 0 radical (unpaired) electrons. The number of rotatable bonds is 3. The topological polar surface area (TPSA) is 82.5 Å². The van der Waals surface area contributed by atoms with Crippen molar-refractivity contribution in [2.75, 3.05) is 6.54 Å². The van der Waals surface area contributed by atoms with Gasteiger partial charge in [0.15, 0.2) is 0 Å². The molecular weight excluding hydrogens is 234 g/mol. The summed E-state index contributed by atoms with van der Waals surface area (Å²) in [5, 5.41) is 11.7. The number of aromatic nitrogens is 1. The van der Waals surface area contributed by atoms with Gasteiger partial charge in [-0.2, -0.15) is 0 Å². The van der Waals surface area contributed by atoms with E-state index in [0.717, 1.165) is 12.1 Å². The monoisotopic (exact) mass is 249 g/mol. The van der Waals surface area contributed by atoms with Crippen molar-refractivity contribution in [1.29, 1.82) is 0 Å². The summed E-state index contributed by atoms with van der Waals surface area (Å²) in [6, 6.07) is 4.40. The maximum atomic E-state index is 11.9. The SMILES string of the molecule is O=C(O)[C@@H]1CCCN1C(=O)NCc1ccccn1. The minimum Gasteiger partial charge on any atom is -0.480 e. The number of nitrogens with zero attached hydrogens (tertiary/aromatic N) is 2. The third kappa shape index (κ3) is 2.77. The van der Waals surface area contributed by atoms with Crippen LogP contribution in [0.2, 0.25) is 0 Å². The molecule has 1 aromatic rings. The first kappa shape index (κ1) is 12.3. The summed E-state index contributed by atoms with van der Waals surface area (Å²) in [4.78, 5) is 28.3. The number of likely N-dealkylation sites (tertiary alicyclic amines) is 1. The van der Waals surface area contributed by atoms with Crippen molar-refractivity contribution in [2.45, 2.75) is 25.4 Å². The molecule has 1 aromatic heterocycles. The predicted molar refractivity (Wildman–Crippen MR) is 63.8 cm³/mol. The fourth-order valence-electron chi connectivity index (χ4n) is 2.04. The molecule has 2 rings (SSSR count). The number of carboxylic acid groups (broad SMARTS) is 1. The van der Waals surface area contributed by atoms with Crippen molar-refractivity contribution in [1.82, 2.24) is 15.2 Å². The van der Waals surface area contributed by atoms with Gasteiger partial charge in [-0.1, -0.05) is 6.07 Å². The highest BCUT2D eigenvalue weighted by Crippen LogP contribution is 2.17. The summed E-state index contributed by atoms with van der Waals surface area (Å²) >= 11 is 0. The molecule has 18 heavy (non-hydrogen) atoms. The zero-order valence-electron chi connectivity index (χ0n) is 9.87. The van der Waals surface area contributed by atoms with Crippen LogP contribution < -0.4 is 5.32 Å². The Morgan fingerprint density at radius 2 is 2.33 bits per heavy atom. The van der Waals surface area contributed by atoms with Crippen molar-refractivity contribution in [3.8, 4) is 0 Å². The van der Waals surface area contributed by atoms with Crippen molar-refractivity contribution < 1.29 is 14.7 Å². The van der Waals surface area contributed by atoms with E-state index in [4.69, 9.17) is 5.11 Å². The lowest BCUT2D eigenvalue weighted by Crippen LogP contribution is -2.45. The molecule has 2 heterocycles. The van der Waals surface area contributed by atoms with Crippen LogP contribution in [0.3, 0.4) is 0 Å². The molecule has 6 nitrogen and oxygen atoms in total. The zero-order valence-corrected chi connectivity index (χ0v) is 9.87. The molecule has 96 valence electrons. The molecule has 0 aromatic carbocycles. The summed E-state index contributed by atoms with van der Waals surface area (Å²) in [6.45, 7) is 0.799. The van der Waals surface area contributed by atoms with E-state index in [1.807, 2.05) is 6.07 Å². The molecule has 1 fully saturated rings. The van der Waals surface area contributed by atoms with Crippen molar-refractivity contribution in [3.63, 3.8) is 0 Å². The number of pyridine rings is 1. The molecule has 0 aliphatic carbocycles. The number of aliphatic carboxylic acids is 1. The highest BCUT2D eigenvalue weighted by atomic mass is 16.4. The lowest BCUT2D eigenvalue weighted by Gasteiger charge is -2.21. The molecule has 1 aliphatic heterocycles. The molecule has 0 saturated carbocycles. The fourth-order valence-corrected chi connectivity index (χ4v) is 2.04. The molecule has 1 saturated heterocycles. The van der Waals surface area contributed by atoms with Crippen LogP contribution in [-0.2, 0) is 11.3 Å². The molecule has 0 bridgehead atoms. The number of nitrogens with one attached hydrogen (secondary N) is 1. The van der Waals surface area contributed by atoms with E-state index >= 15 is 0 Å². The molecule has 0 spiro atoms.